The maximum atomic E-state index is 2.39. The molecule has 0 fully saturated rings. The van der Waals surface area contributed by atoms with E-state index in [0.29, 0.717) is 0 Å². The summed E-state index contributed by atoms with van der Waals surface area (Å²) in [5.41, 5.74) is 1.53. The lowest BCUT2D eigenvalue weighted by molar-refractivity contribution is 1.54. The highest BCUT2D eigenvalue weighted by atomic mass is 127. The molecule has 0 unspecified atom stereocenters. The largest absolute Gasteiger partial charge is 0.0732 e. The zero-order chi connectivity index (χ0) is 3.86. The summed E-state index contributed by atoms with van der Waals surface area (Å²) >= 11 is 2.39. The normalized spacial score (nSPS) is 33.2. The first-order valence-corrected chi connectivity index (χ1v) is 2.87. The van der Waals surface area contributed by atoms with E-state index in [0.717, 1.165) is 3.92 Å². The molecule has 0 aromatic carbocycles. The van der Waals surface area contributed by atoms with E-state index < -0.39 is 0 Å². The molecule has 0 nitrogen and oxygen atoms in total. The highest BCUT2D eigenvalue weighted by Gasteiger charge is 2.13. The molecule has 0 amide bonds. The number of alkyl halides is 1. The lowest BCUT2D eigenvalue weighted by Crippen LogP contribution is -1.59. The van der Waals surface area contributed by atoms with Crippen LogP contribution in [0.4, 0.5) is 0 Å². The Balaban J connectivity index is 2.38. The fourth-order valence-electron chi connectivity index (χ4n) is 0.183. The van der Waals surface area contributed by atoms with Crippen LogP contribution < -0.4 is 0 Å². The molecule has 0 N–H and O–H groups in total. The summed E-state index contributed by atoms with van der Waals surface area (Å²) in [7, 11) is 0. The first kappa shape index (κ1) is 3.65. The predicted octanol–water partition coefficient (Wildman–Crippen LogP) is 1.75. The van der Waals surface area contributed by atoms with Crippen LogP contribution in [-0.4, -0.2) is 3.92 Å². The summed E-state index contributed by atoms with van der Waals surface area (Å²) in [6.45, 7) is 2.15. The molecule has 1 atom stereocenters. The Bertz CT molecular complexity index is 73.7. The summed E-state index contributed by atoms with van der Waals surface area (Å²) in [6.07, 6.45) is 2.24. The minimum Gasteiger partial charge on any atom is -0.0732 e. The fourth-order valence-corrected chi connectivity index (χ4v) is 0.750. The van der Waals surface area contributed by atoms with Crippen LogP contribution in [0.5, 0.6) is 0 Å². The monoisotopic (exact) mass is 180 g/mol. The van der Waals surface area contributed by atoms with Gasteiger partial charge in [0.25, 0.3) is 0 Å². The molecule has 1 heteroatoms. The van der Waals surface area contributed by atoms with Crippen LogP contribution in [0.1, 0.15) is 6.92 Å². The first-order chi connectivity index (χ1) is 2.30. The molecule has 0 aromatic rings. The number of halogens is 1. The van der Waals surface area contributed by atoms with E-state index in [1.54, 1.807) is 0 Å². The molecule has 0 bridgehead atoms. The second kappa shape index (κ2) is 0.965. The van der Waals surface area contributed by atoms with Gasteiger partial charge in [0.05, 0.1) is 0 Å². The van der Waals surface area contributed by atoms with Gasteiger partial charge in [0.15, 0.2) is 0 Å². The summed E-state index contributed by atoms with van der Waals surface area (Å²) in [4.78, 5) is 0. The summed E-state index contributed by atoms with van der Waals surface area (Å²) in [6, 6.07) is 0. The third-order valence-corrected chi connectivity index (χ3v) is 2.08. The Kier molecular flexibility index (Phi) is 0.705. The predicted molar refractivity (Wildman–Crippen MR) is 31.6 cm³/mol. The molecule has 0 saturated heterocycles. The van der Waals surface area contributed by atoms with Crippen molar-refractivity contribution < 1.29 is 0 Å². The molecule has 0 radical (unpaired) electrons. The van der Waals surface area contributed by atoms with E-state index in [1.807, 2.05) is 0 Å². The maximum absolute atomic E-state index is 2.39. The van der Waals surface area contributed by atoms with Crippen LogP contribution in [0.15, 0.2) is 11.6 Å². The number of rotatable bonds is 0. The van der Waals surface area contributed by atoms with Crippen molar-refractivity contribution in [3.05, 3.63) is 11.6 Å². The molecule has 1 rings (SSSR count). The Hall–Kier alpha value is 0.470. The van der Waals surface area contributed by atoms with Crippen LogP contribution in [0.2, 0.25) is 0 Å². The molecule has 0 heterocycles. The topological polar surface area (TPSA) is 0 Å². The van der Waals surface area contributed by atoms with E-state index in [1.165, 1.54) is 5.57 Å². The minimum absolute atomic E-state index is 0.813. The Morgan fingerprint density at radius 3 is 2.20 bits per heavy atom. The summed E-state index contributed by atoms with van der Waals surface area (Å²) in [5.74, 6) is 0. The van der Waals surface area contributed by atoms with E-state index >= 15 is 0 Å². The third kappa shape index (κ3) is 0.651. The van der Waals surface area contributed by atoms with Crippen molar-refractivity contribution in [2.75, 3.05) is 0 Å². The van der Waals surface area contributed by atoms with Crippen molar-refractivity contribution in [3.8, 4) is 0 Å². The number of allylic oxidation sites excluding steroid dienone is 2. The highest BCUT2D eigenvalue weighted by molar-refractivity contribution is 14.1. The third-order valence-electron chi connectivity index (χ3n) is 0.735. The maximum Gasteiger partial charge on any atom is 0.0499 e. The van der Waals surface area contributed by atoms with Gasteiger partial charge in [0.2, 0.25) is 0 Å². The number of hydrogen-bond acceptors (Lipinski definition) is 0. The molecule has 0 spiro atoms. The smallest absolute Gasteiger partial charge is 0.0499 e. The van der Waals surface area contributed by atoms with Crippen molar-refractivity contribution in [3.63, 3.8) is 0 Å². The molecular weight excluding hydrogens is 175 g/mol. The molecular formula is C4H5I. The van der Waals surface area contributed by atoms with E-state index in [4.69, 9.17) is 0 Å². The van der Waals surface area contributed by atoms with Gasteiger partial charge in [0, 0.05) is 3.92 Å². The average Bonchev–Trinajstić information content (AvgIpc) is 1.79. The molecule has 0 saturated carbocycles. The average molecular weight is 180 g/mol. The van der Waals surface area contributed by atoms with Gasteiger partial charge in [-0.3, -0.25) is 0 Å². The zero-order valence-electron chi connectivity index (χ0n) is 3.03. The van der Waals surface area contributed by atoms with Crippen molar-refractivity contribution in [1.82, 2.24) is 0 Å². The molecule has 28 valence electrons. The summed E-state index contributed by atoms with van der Waals surface area (Å²) in [5, 5.41) is 0. The van der Waals surface area contributed by atoms with Crippen LogP contribution in [0, 0.1) is 0 Å². The van der Waals surface area contributed by atoms with E-state index in [9.17, 15) is 0 Å². The van der Waals surface area contributed by atoms with Crippen LogP contribution >= 0.6 is 22.6 Å². The van der Waals surface area contributed by atoms with E-state index in [2.05, 4.69) is 35.6 Å². The van der Waals surface area contributed by atoms with Crippen molar-refractivity contribution in [2.45, 2.75) is 10.8 Å². The Morgan fingerprint density at radius 2 is 2.20 bits per heavy atom. The standard InChI is InChI=1S/C4H5I/c1-3-2-4(3)5/h2,4H,1H3/t4-/m1/s1. The molecule has 5 heavy (non-hydrogen) atoms. The van der Waals surface area contributed by atoms with Crippen LogP contribution in [0.25, 0.3) is 0 Å². The van der Waals surface area contributed by atoms with Crippen molar-refractivity contribution >= 4 is 22.6 Å². The summed E-state index contributed by atoms with van der Waals surface area (Å²) < 4.78 is 0.813. The van der Waals surface area contributed by atoms with Gasteiger partial charge < -0.3 is 0 Å². The van der Waals surface area contributed by atoms with Crippen molar-refractivity contribution in [1.29, 1.82) is 0 Å². The number of hydrogen-bond donors (Lipinski definition) is 0. The van der Waals surface area contributed by atoms with Gasteiger partial charge in [-0.15, -0.1) is 0 Å². The Morgan fingerprint density at radius 1 is 2.00 bits per heavy atom. The van der Waals surface area contributed by atoms with Crippen LogP contribution in [-0.2, 0) is 0 Å². The second-order valence-electron chi connectivity index (χ2n) is 1.31. The fraction of sp³-hybridized carbons (Fsp3) is 0.500. The zero-order valence-corrected chi connectivity index (χ0v) is 5.19. The van der Waals surface area contributed by atoms with Gasteiger partial charge in [-0.25, -0.2) is 0 Å². The molecule has 1 aliphatic rings. The SMILES string of the molecule is CC1=C[C@H]1I. The lowest BCUT2D eigenvalue weighted by atomic mass is 10.6. The molecule has 1 aliphatic carbocycles. The first-order valence-electron chi connectivity index (χ1n) is 1.63. The second-order valence-corrected chi connectivity index (χ2v) is 2.65. The van der Waals surface area contributed by atoms with Gasteiger partial charge >= 0.3 is 0 Å². The van der Waals surface area contributed by atoms with Crippen LogP contribution in [0.3, 0.4) is 0 Å². The minimum atomic E-state index is 0.813. The van der Waals surface area contributed by atoms with Crippen molar-refractivity contribution in [2.24, 2.45) is 0 Å². The van der Waals surface area contributed by atoms with E-state index in [-0.39, 0.29) is 0 Å². The van der Waals surface area contributed by atoms with Gasteiger partial charge in [-0.1, -0.05) is 34.2 Å². The Labute approximate surface area is 45.4 Å². The quantitative estimate of drug-likeness (QED) is 0.302. The van der Waals surface area contributed by atoms with Gasteiger partial charge in [0.1, 0.15) is 0 Å². The highest BCUT2D eigenvalue weighted by Crippen LogP contribution is 2.27. The molecule has 0 aliphatic heterocycles. The van der Waals surface area contributed by atoms with Gasteiger partial charge in [-0.05, 0) is 6.92 Å². The lowest BCUT2D eigenvalue weighted by Gasteiger charge is -1.66. The van der Waals surface area contributed by atoms with Gasteiger partial charge in [-0.2, -0.15) is 0 Å². The molecule has 0 aromatic heterocycles.